The maximum atomic E-state index is 12.0. The molecule has 0 aromatic heterocycles. The van der Waals surface area contributed by atoms with Crippen molar-refractivity contribution in [3.63, 3.8) is 0 Å². The number of ketones is 1. The van der Waals surface area contributed by atoms with Gasteiger partial charge in [0.15, 0.2) is 5.78 Å². The lowest BCUT2D eigenvalue weighted by Crippen LogP contribution is -2.15. The summed E-state index contributed by atoms with van der Waals surface area (Å²) in [5, 5.41) is 8.43. The number of carbonyl (C=O) groups excluding carboxylic acids is 1. The van der Waals surface area contributed by atoms with Crippen LogP contribution in [-0.2, 0) is 9.53 Å². The van der Waals surface area contributed by atoms with Crippen molar-refractivity contribution in [3.8, 4) is 11.5 Å². The first kappa shape index (κ1) is 15.5. The highest BCUT2D eigenvalue weighted by Crippen LogP contribution is 2.32. The summed E-state index contributed by atoms with van der Waals surface area (Å²) in [5.41, 5.74) is 0.286. The molecule has 0 aliphatic heterocycles. The highest BCUT2D eigenvalue weighted by molar-refractivity contribution is 9.10. The van der Waals surface area contributed by atoms with Crippen LogP contribution in [0.4, 0.5) is 0 Å². The Morgan fingerprint density at radius 2 is 1.89 bits per heavy atom. The van der Waals surface area contributed by atoms with Crippen molar-refractivity contribution in [3.05, 3.63) is 22.2 Å². The highest BCUT2D eigenvalue weighted by atomic mass is 79.9. The van der Waals surface area contributed by atoms with Gasteiger partial charge in [-0.25, -0.2) is 4.79 Å². The van der Waals surface area contributed by atoms with Crippen LogP contribution >= 0.6 is 15.9 Å². The van der Waals surface area contributed by atoms with Gasteiger partial charge in [0.05, 0.1) is 19.8 Å². The molecule has 0 saturated heterocycles. The molecule has 1 aromatic rings. The number of hydrogen-bond acceptors (Lipinski definition) is 5. The number of carbonyl (C=O) groups is 2. The van der Waals surface area contributed by atoms with Gasteiger partial charge in [0.25, 0.3) is 0 Å². The van der Waals surface area contributed by atoms with Gasteiger partial charge in [-0.2, -0.15) is 0 Å². The Hall–Kier alpha value is -1.60. The predicted molar refractivity (Wildman–Crippen MR) is 70.0 cm³/mol. The second kappa shape index (κ2) is 7.10. The molecule has 1 aromatic carbocycles. The number of aliphatic carboxylic acids is 1. The van der Waals surface area contributed by atoms with Crippen molar-refractivity contribution in [1.82, 2.24) is 0 Å². The van der Waals surface area contributed by atoms with Crippen molar-refractivity contribution in [2.75, 3.05) is 27.4 Å². The van der Waals surface area contributed by atoms with E-state index >= 15 is 0 Å². The van der Waals surface area contributed by atoms with E-state index in [1.54, 1.807) is 12.1 Å². The molecular formula is C12H13BrO6. The fourth-order valence-corrected chi connectivity index (χ4v) is 2.05. The first-order valence-corrected chi connectivity index (χ1v) is 6.03. The van der Waals surface area contributed by atoms with Gasteiger partial charge >= 0.3 is 5.97 Å². The van der Waals surface area contributed by atoms with Crippen LogP contribution in [0.3, 0.4) is 0 Å². The Bertz CT molecular complexity index is 485. The number of rotatable bonds is 7. The first-order valence-electron chi connectivity index (χ1n) is 5.23. The predicted octanol–water partition coefficient (Wildman–Crippen LogP) is 1.75. The van der Waals surface area contributed by atoms with E-state index in [4.69, 9.17) is 19.3 Å². The topological polar surface area (TPSA) is 82.1 Å². The second-order valence-electron chi connectivity index (χ2n) is 3.50. The van der Waals surface area contributed by atoms with Crippen molar-refractivity contribution in [2.45, 2.75) is 0 Å². The summed E-state index contributed by atoms with van der Waals surface area (Å²) in [7, 11) is 2.93. The van der Waals surface area contributed by atoms with E-state index in [0.29, 0.717) is 16.0 Å². The Labute approximate surface area is 118 Å². The highest BCUT2D eigenvalue weighted by Gasteiger charge is 2.18. The third-order valence-corrected chi connectivity index (χ3v) is 2.85. The number of ether oxygens (including phenoxy) is 3. The summed E-state index contributed by atoms with van der Waals surface area (Å²) >= 11 is 3.25. The Morgan fingerprint density at radius 1 is 1.21 bits per heavy atom. The molecule has 0 amide bonds. The van der Waals surface area contributed by atoms with Crippen LogP contribution in [0, 0.1) is 0 Å². The first-order chi connectivity index (χ1) is 8.99. The molecule has 0 radical (unpaired) electrons. The monoisotopic (exact) mass is 332 g/mol. The molecule has 0 fully saturated rings. The zero-order valence-electron chi connectivity index (χ0n) is 10.4. The molecule has 7 heteroatoms. The van der Waals surface area contributed by atoms with Crippen molar-refractivity contribution in [2.24, 2.45) is 0 Å². The number of carboxylic acids is 1. The molecule has 0 atom stereocenters. The maximum Gasteiger partial charge on any atom is 0.329 e. The molecule has 0 saturated carbocycles. The largest absolute Gasteiger partial charge is 0.497 e. The van der Waals surface area contributed by atoms with Crippen LogP contribution in [0.15, 0.2) is 16.6 Å². The van der Waals surface area contributed by atoms with E-state index in [1.165, 1.54) is 14.2 Å². The van der Waals surface area contributed by atoms with Gasteiger partial charge in [0, 0.05) is 10.5 Å². The van der Waals surface area contributed by atoms with Crippen LogP contribution in [-0.4, -0.2) is 44.3 Å². The Morgan fingerprint density at radius 3 is 2.42 bits per heavy atom. The van der Waals surface area contributed by atoms with Crippen LogP contribution in [0.2, 0.25) is 0 Å². The number of methoxy groups -OCH3 is 2. The SMILES string of the molecule is COc1cc(Br)c(C(=O)COCC(=O)O)c(OC)c1. The summed E-state index contributed by atoms with van der Waals surface area (Å²) in [6.45, 7) is -0.866. The van der Waals surface area contributed by atoms with Crippen LogP contribution in [0.25, 0.3) is 0 Å². The van der Waals surface area contributed by atoms with Gasteiger partial charge in [-0.15, -0.1) is 0 Å². The molecular weight excluding hydrogens is 320 g/mol. The van der Waals surface area contributed by atoms with Crippen LogP contribution in [0.5, 0.6) is 11.5 Å². The van der Waals surface area contributed by atoms with E-state index < -0.39 is 12.6 Å². The molecule has 0 spiro atoms. The fourth-order valence-electron chi connectivity index (χ4n) is 1.41. The number of Topliss-reactive ketones (excluding diaryl/α,β-unsaturated/α-hetero) is 1. The summed E-state index contributed by atoms with van der Waals surface area (Å²) in [5.74, 6) is -0.650. The molecule has 1 N–H and O–H groups in total. The number of carboxylic acid groups (broad SMARTS) is 1. The summed E-state index contributed by atoms with van der Waals surface area (Å²) < 4.78 is 15.4. The van der Waals surface area contributed by atoms with E-state index in [-0.39, 0.29) is 18.0 Å². The van der Waals surface area contributed by atoms with Crippen LogP contribution in [0.1, 0.15) is 10.4 Å². The average molecular weight is 333 g/mol. The fraction of sp³-hybridized carbons (Fsp3) is 0.333. The molecule has 0 unspecified atom stereocenters. The zero-order valence-corrected chi connectivity index (χ0v) is 12.0. The normalized spacial score (nSPS) is 10.1. The molecule has 6 nitrogen and oxygen atoms in total. The van der Waals surface area contributed by atoms with Crippen molar-refractivity contribution >= 4 is 27.7 Å². The van der Waals surface area contributed by atoms with Gasteiger partial charge < -0.3 is 19.3 Å². The van der Waals surface area contributed by atoms with Gasteiger partial charge in [-0.05, 0) is 22.0 Å². The quantitative estimate of drug-likeness (QED) is 0.766. The molecule has 104 valence electrons. The summed E-state index contributed by atoms with van der Waals surface area (Å²) in [6.07, 6.45) is 0. The lowest BCUT2D eigenvalue weighted by Gasteiger charge is -2.11. The Kier molecular flexibility index (Phi) is 5.78. The molecule has 0 bridgehead atoms. The number of benzene rings is 1. The minimum absolute atomic E-state index is 0.286. The summed E-state index contributed by atoms with van der Waals surface area (Å²) in [6, 6.07) is 3.18. The minimum Gasteiger partial charge on any atom is -0.497 e. The van der Waals surface area contributed by atoms with E-state index in [1.807, 2.05) is 0 Å². The molecule has 0 aliphatic carbocycles. The third kappa shape index (κ3) is 4.22. The van der Waals surface area contributed by atoms with Crippen molar-refractivity contribution in [1.29, 1.82) is 0 Å². The smallest absolute Gasteiger partial charge is 0.329 e. The molecule has 19 heavy (non-hydrogen) atoms. The van der Waals surface area contributed by atoms with Gasteiger partial charge in [0.1, 0.15) is 24.7 Å². The van der Waals surface area contributed by atoms with Gasteiger partial charge in [0.2, 0.25) is 0 Å². The van der Waals surface area contributed by atoms with Gasteiger partial charge in [-0.3, -0.25) is 4.79 Å². The van der Waals surface area contributed by atoms with Gasteiger partial charge in [-0.1, -0.05) is 0 Å². The lowest BCUT2D eigenvalue weighted by molar-refractivity contribution is -0.141. The van der Waals surface area contributed by atoms with E-state index in [0.717, 1.165) is 0 Å². The lowest BCUT2D eigenvalue weighted by atomic mass is 10.1. The number of hydrogen-bond donors (Lipinski definition) is 1. The Balaban J connectivity index is 2.92. The van der Waals surface area contributed by atoms with Crippen molar-refractivity contribution < 1.29 is 28.9 Å². The number of halogens is 1. The average Bonchev–Trinajstić information content (AvgIpc) is 2.36. The zero-order chi connectivity index (χ0) is 14.4. The molecule has 0 heterocycles. The third-order valence-electron chi connectivity index (χ3n) is 2.22. The minimum atomic E-state index is -1.13. The molecule has 1 rings (SSSR count). The maximum absolute atomic E-state index is 12.0. The second-order valence-corrected chi connectivity index (χ2v) is 4.35. The van der Waals surface area contributed by atoms with E-state index in [9.17, 15) is 9.59 Å². The van der Waals surface area contributed by atoms with Crippen LogP contribution < -0.4 is 9.47 Å². The van der Waals surface area contributed by atoms with E-state index in [2.05, 4.69) is 15.9 Å². The summed E-state index contributed by atoms with van der Waals surface area (Å²) in [4.78, 5) is 22.3. The molecule has 0 aliphatic rings. The standard InChI is InChI=1S/C12H13BrO6/c1-17-7-3-8(13)12(10(4-7)18-2)9(14)5-19-6-11(15)16/h3-4H,5-6H2,1-2H3,(H,15,16).